The van der Waals surface area contributed by atoms with E-state index in [0.717, 1.165) is 29.7 Å². The number of nitrogen functional groups attached to an aromatic ring is 1. The predicted octanol–water partition coefficient (Wildman–Crippen LogP) is 3.44. The van der Waals surface area contributed by atoms with Crippen LogP contribution in [0.15, 0.2) is 66.9 Å². The Morgan fingerprint density at radius 3 is 2.73 bits per heavy atom. The number of benzene rings is 2. The van der Waals surface area contributed by atoms with Crippen LogP contribution in [0.5, 0.6) is 5.75 Å². The van der Waals surface area contributed by atoms with Crippen molar-refractivity contribution < 1.29 is 9.90 Å². The number of Topliss-reactive ketones (excluding diaryl/α,β-unsaturated/α-hetero) is 1. The lowest BCUT2D eigenvalue weighted by molar-refractivity contribution is 0.0936. The van der Waals surface area contributed by atoms with Gasteiger partial charge in [0.2, 0.25) is 0 Å². The van der Waals surface area contributed by atoms with Gasteiger partial charge in [0.1, 0.15) is 17.6 Å². The number of hydrogen-bond donors (Lipinski definition) is 3. The van der Waals surface area contributed by atoms with E-state index in [2.05, 4.69) is 27.0 Å². The quantitative estimate of drug-likeness (QED) is 0.458. The first-order valence-corrected chi connectivity index (χ1v) is 9.99. The van der Waals surface area contributed by atoms with Crippen molar-refractivity contribution in [3.63, 3.8) is 0 Å². The van der Waals surface area contributed by atoms with Crippen molar-refractivity contribution >= 4 is 22.5 Å². The third kappa shape index (κ3) is 3.02. The van der Waals surface area contributed by atoms with E-state index in [1.165, 1.54) is 10.9 Å². The number of phenols is 1. The molecule has 1 atom stereocenters. The summed E-state index contributed by atoms with van der Waals surface area (Å²) in [7, 11) is 0. The maximum atomic E-state index is 13.5. The lowest BCUT2D eigenvalue weighted by Crippen LogP contribution is -2.37. The van der Waals surface area contributed by atoms with Crippen LogP contribution in [0, 0.1) is 0 Å². The average molecular weight is 398 g/mol. The Hall–Kier alpha value is -3.64. The highest BCUT2D eigenvalue weighted by Gasteiger charge is 2.33. The highest BCUT2D eigenvalue weighted by Crippen LogP contribution is 2.36. The molecule has 2 aromatic heterocycles. The number of ketones is 1. The van der Waals surface area contributed by atoms with Gasteiger partial charge in [-0.15, -0.1) is 0 Å². The molecular formula is C24H22N4O2. The largest absolute Gasteiger partial charge is 0.508 e. The molecule has 1 aliphatic rings. The Bertz CT molecular complexity index is 1240. The molecular weight excluding hydrogens is 376 g/mol. The first kappa shape index (κ1) is 18.4. The minimum absolute atomic E-state index is 0.0729. The van der Waals surface area contributed by atoms with Crippen LogP contribution in [0.2, 0.25) is 0 Å². The van der Waals surface area contributed by atoms with Crippen LogP contribution in [0.25, 0.3) is 10.9 Å². The van der Waals surface area contributed by atoms with Gasteiger partial charge in [0.05, 0.1) is 5.56 Å². The summed E-state index contributed by atoms with van der Waals surface area (Å²) in [6.45, 7) is 1.32. The molecule has 5 rings (SSSR count). The average Bonchev–Trinajstić information content (AvgIpc) is 3.09. The minimum Gasteiger partial charge on any atom is -0.508 e. The normalized spacial score (nSPS) is 15.8. The highest BCUT2D eigenvalue weighted by atomic mass is 16.3. The Morgan fingerprint density at radius 1 is 1.13 bits per heavy atom. The van der Waals surface area contributed by atoms with Crippen molar-refractivity contribution in [1.29, 1.82) is 0 Å². The number of fused-ring (bicyclic) bond motifs is 3. The lowest BCUT2D eigenvalue weighted by Gasteiger charge is -2.26. The number of carbonyl (C=O) groups is 1. The van der Waals surface area contributed by atoms with Gasteiger partial charge in [-0.25, -0.2) is 4.98 Å². The number of nitrogens with one attached hydrogen (secondary N) is 1. The second-order valence-corrected chi connectivity index (χ2v) is 7.57. The molecule has 6 heteroatoms. The lowest BCUT2D eigenvalue weighted by atomic mass is 9.93. The van der Waals surface area contributed by atoms with Crippen molar-refractivity contribution in [2.24, 2.45) is 0 Å². The molecule has 6 nitrogen and oxygen atoms in total. The van der Waals surface area contributed by atoms with E-state index in [1.54, 1.807) is 30.5 Å². The molecule has 150 valence electrons. The predicted molar refractivity (Wildman–Crippen MR) is 117 cm³/mol. The second kappa shape index (κ2) is 7.31. The molecule has 0 radical (unpaired) electrons. The zero-order chi connectivity index (χ0) is 20.7. The van der Waals surface area contributed by atoms with Gasteiger partial charge in [0.25, 0.3) is 0 Å². The fraction of sp³-hybridized carbons (Fsp3) is 0.167. The zero-order valence-electron chi connectivity index (χ0n) is 16.4. The van der Waals surface area contributed by atoms with Crippen LogP contribution in [0.4, 0.5) is 5.82 Å². The van der Waals surface area contributed by atoms with Crippen molar-refractivity contribution in [2.45, 2.75) is 19.0 Å². The van der Waals surface area contributed by atoms with Gasteiger partial charge >= 0.3 is 0 Å². The van der Waals surface area contributed by atoms with E-state index >= 15 is 0 Å². The molecule has 0 saturated carbocycles. The van der Waals surface area contributed by atoms with Crippen molar-refractivity contribution in [3.8, 4) is 5.75 Å². The molecule has 0 aliphatic carbocycles. The molecule has 0 fully saturated rings. The van der Waals surface area contributed by atoms with Crippen LogP contribution in [0.1, 0.15) is 33.2 Å². The summed E-state index contributed by atoms with van der Waals surface area (Å²) in [4.78, 5) is 17.6. The number of nitrogens with two attached hydrogens (primary N) is 1. The van der Waals surface area contributed by atoms with Crippen LogP contribution in [-0.4, -0.2) is 27.0 Å². The number of pyridine rings is 1. The van der Waals surface area contributed by atoms with Gasteiger partial charge in [-0.2, -0.15) is 0 Å². The van der Waals surface area contributed by atoms with E-state index in [9.17, 15) is 9.90 Å². The summed E-state index contributed by atoms with van der Waals surface area (Å²) in [5, 5.41) is 14.2. The first-order chi connectivity index (χ1) is 14.6. The monoisotopic (exact) mass is 398 g/mol. The molecule has 0 saturated heterocycles. The van der Waals surface area contributed by atoms with Gasteiger partial charge < -0.3 is 20.7 Å². The minimum atomic E-state index is -0.496. The number of para-hydroxylation sites is 1. The Kier molecular flexibility index (Phi) is 4.48. The molecule has 3 heterocycles. The molecule has 1 aliphatic heterocycles. The van der Waals surface area contributed by atoms with Gasteiger partial charge in [0.15, 0.2) is 5.78 Å². The smallest absolute Gasteiger partial charge is 0.189 e. The van der Waals surface area contributed by atoms with Crippen LogP contribution < -0.4 is 11.1 Å². The second-order valence-electron chi connectivity index (χ2n) is 7.57. The van der Waals surface area contributed by atoms with Gasteiger partial charge in [-0.3, -0.25) is 4.79 Å². The molecule has 30 heavy (non-hydrogen) atoms. The van der Waals surface area contributed by atoms with Gasteiger partial charge in [-0.1, -0.05) is 30.3 Å². The fourth-order valence-electron chi connectivity index (χ4n) is 4.38. The Labute approximate surface area is 174 Å². The van der Waals surface area contributed by atoms with Crippen LogP contribution in [0.3, 0.4) is 0 Å². The van der Waals surface area contributed by atoms with Crippen LogP contribution in [-0.2, 0) is 13.0 Å². The summed E-state index contributed by atoms with van der Waals surface area (Å²) in [6, 6.07) is 18.4. The van der Waals surface area contributed by atoms with Crippen LogP contribution >= 0.6 is 0 Å². The van der Waals surface area contributed by atoms with Gasteiger partial charge in [-0.05, 0) is 47.9 Å². The third-order valence-corrected chi connectivity index (χ3v) is 5.76. The van der Waals surface area contributed by atoms with E-state index in [0.29, 0.717) is 12.1 Å². The summed E-state index contributed by atoms with van der Waals surface area (Å²) in [6.07, 6.45) is 2.44. The SMILES string of the molecule is Nc1ncccc1C(=O)C1NCCc2c1n(Cc1ccc(O)cc1)c1ccccc21. The molecule has 0 bridgehead atoms. The van der Waals surface area contributed by atoms with Crippen molar-refractivity contribution in [3.05, 3.63) is 89.2 Å². The van der Waals surface area contributed by atoms with E-state index in [1.807, 2.05) is 24.3 Å². The summed E-state index contributed by atoms with van der Waals surface area (Å²) in [5.41, 5.74) is 10.8. The van der Waals surface area contributed by atoms with Gasteiger partial charge in [0, 0.05) is 35.9 Å². The number of carbonyl (C=O) groups excluding carboxylic acids is 1. The maximum Gasteiger partial charge on any atom is 0.189 e. The first-order valence-electron chi connectivity index (χ1n) is 9.99. The molecule has 2 aromatic carbocycles. The summed E-state index contributed by atoms with van der Waals surface area (Å²) < 4.78 is 2.21. The van der Waals surface area contributed by atoms with Crippen molar-refractivity contribution in [1.82, 2.24) is 14.9 Å². The molecule has 1 unspecified atom stereocenters. The number of rotatable bonds is 4. The zero-order valence-corrected chi connectivity index (χ0v) is 16.4. The standard InChI is InChI=1S/C24H22N4O2/c25-24-19(5-3-12-27-24)23(30)21-22-18(11-13-26-21)17-4-1-2-6-20(17)28(22)14-15-7-9-16(29)10-8-15/h1-10,12,21,26,29H,11,13-14H2,(H2,25,27). The number of aromatic nitrogens is 2. The topological polar surface area (TPSA) is 93.2 Å². The number of aromatic hydroxyl groups is 1. The summed E-state index contributed by atoms with van der Waals surface area (Å²) in [5.74, 6) is 0.411. The Balaban J connectivity index is 1.67. The fourth-order valence-corrected chi connectivity index (χ4v) is 4.38. The molecule has 4 aromatic rings. The molecule has 0 spiro atoms. The van der Waals surface area contributed by atoms with Crippen molar-refractivity contribution in [2.75, 3.05) is 12.3 Å². The highest BCUT2D eigenvalue weighted by molar-refractivity contribution is 6.05. The third-order valence-electron chi connectivity index (χ3n) is 5.76. The summed E-state index contributed by atoms with van der Waals surface area (Å²) >= 11 is 0. The maximum absolute atomic E-state index is 13.5. The molecule has 0 amide bonds. The van der Waals surface area contributed by atoms with E-state index in [-0.39, 0.29) is 17.4 Å². The number of anilines is 1. The molecule has 4 N–H and O–H groups in total. The number of phenolic OH excluding ortho intramolecular Hbond substituents is 1. The van der Waals surface area contributed by atoms with E-state index in [4.69, 9.17) is 5.73 Å². The number of nitrogens with zero attached hydrogens (tertiary/aromatic N) is 2. The number of hydrogen-bond acceptors (Lipinski definition) is 5. The van der Waals surface area contributed by atoms with E-state index < -0.39 is 6.04 Å². The Morgan fingerprint density at radius 2 is 1.93 bits per heavy atom.